The quantitative estimate of drug-likeness (QED) is 0.780. The Morgan fingerprint density at radius 1 is 1.28 bits per heavy atom. The second kappa shape index (κ2) is 6.50. The van der Waals surface area contributed by atoms with Crippen molar-refractivity contribution in [2.45, 2.75) is 19.5 Å². The van der Waals surface area contributed by atoms with Gasteiger partial charge in [0.15, 0.2) is 5.82 Å². The van der Waals surface area contributed by atoms with Crippen molar-refractivity contribution in [2.75, 3.05) is 6.54 Å². The second-order valence-electron chi connectivity index (χ2n) is 6.01. The molecule has 2 aromatic heterocycles. The molecule has 128 valence electrons. The molecule has 3 heterocycles. The highest BCUT2D eigenvalue weighted by atomic mass is 32.1. The molecule has 0 aliphatic carbocycles. The third-order valence-electron chi connectivity index (χ3n) is 4.31. The lowest BCUT2D eigenvalue weighted by Crippen LogP contribution is -2.35. The summed E-state index contributed by atoms with van der Waals surface area (Å²) in [5.41, 5.74) is 1.57. The largest absolute Gasteiger partial charge is 0.306 e. The van der Waals surface area contributed by atoms with Crippen molar-refractivity contribution in [3.8, 4) is 10.7 Å². The lowest BCUT2D eigenvalue weighted by molar-refractivity contribution is 0.237. The first-order valence-corrected chi connectivity index (χ1v) is 8.80. The van der Waals surface area contributed by atoms with Gasteiger partial charge in [0.25, 0.3) is 5.56 Å². The molecule has 0 bridgehead atoms. The molecule has 0 saturated heterocycles. The molecule has 7 heteroatoms. The lowest BCUT2D eigenvalue weighted by Gasteiger charge is -2.27. The molecule has 0 unspecified atom stereocenters. The first kappa shape index (κ1) is 16.1. The molecule has 0 radical (unpaired) electrons. The minimum absolute atomic E-state index is 0.120. The predicted molar refractivity (Wildman–Crippen MR) is 92.3 cm³/mol. The van der Waals surface area contributed by atoms with Gasteiger partial charge in [-0.15, -0.1) is 11.3 Å². The van der Waals surface area contributed by atoms with Crippen LogP contribution in [0.2, 0.25) is 0 Å². The van der Waals surface area contributed by atoms with Crippen molar-refractivity contribution < 1.29 is 8.78 Å². The summed E-state index contributed by atoms with van der Waals surface area (Å²) in [6, 6.07) is 7.27. The average molecular weight is 359 g/mol. The number of halogens is 2. The van der Waals surface area contributed by atoms with Crippen LogP contribution in [-0.2, 0) is 19.5 Å². The fourth-order valence-corrected chi connectivity index (χ4v) is 3.73. The molecule has 4 rings (SSSR count). The highest BCUT2D eigenvalue weighted by Gasteiger charge is 2.22. The molecule has 1 aliphatic heterocycles. The Bertz CT molecular complexity index is 969. The summed E-state index contributed by atoms with van der Waals surface area (Å²) in [5.74, 6) is -0.328. The van der Waals surface area contributed by atoms with Gasteiger partial charge in [-0.3, -0.25) is 9.69 Å². The number of aromatic amines is 1. The maximum atomic E-state index is 13.9. The maximum Gasteiger partial charge on any atom is 0.254 e. The van der Waals surface area contributed by atoms with Gasteiger partial charge in [-0.25, -0.2) is 13.8 Å². The molecular weight excluding hydrogens is 344 g/mol. The summed E-state index contributed by atoms with van der Waals surface area (Å²) < 4.78 is 27.2. The molecular formula is C18H15F2N3OS. The number of nitrogens with one attached hydrogen (secondary N) is 1. The highest BCUT2D eigenvalue weighted by molar-refractivity contribution is 7.13. The van der Waals surface area contributed by atoms with Crippen molar-refractivity contribution in [3.63, 3.8) is 0 Å². The van der Waals surface area contributed by atoms with Crippen LogP contribution in [0.1, 0.15) is 16.8 Å². The highest BCUT2D eigenvalue weighted by Crippen LogP contribution is 2.23. The Labute approximate surface area is 146 Å². The Morgan fingerprint density at radius 3 is 2.96 bits per heavy atom. The number of nitrogens with zero attached hydrogens (tertiary/aromatic N) is 2. The summed E-state index contributed by atoms with van der Waals surface area (Å²) in [5, 5.41) is 1.92. The lowest BCUT2D eigenvalue weighted by atomic mass is 10.1. The van der Waals surface area contributed by atoms with Crippen molar-refractivity contribution in [3.05, 3.63) is 74.5 Å². The molecule has 4 nitrogen and oxygen atoms in total. The average Bonchev–Trinajstić information content (AvgIpc) is 3.12. The van der Waals surface area contributed by atoms with Crippen LogP contribution in [0.4, 0.5) is 8.78 Å². The zero-order valence-corrected chi connectivity index (χ0v) is 14.1. The van der Waals surface area contributed by atoms with Gasteiger partial charge < -0.3 is 4.98 Å². The first-order chi connectivity index (χ1) is 12.1. The number of rotatable bonds is 3. The number of fused-ring (bicyclic) bond motifs is 1. The van der Waals surface area contributed by atoms with E-state index >= 15 is 0 Å². The van der Waals surface area contributed by atoms with Crippen molar-refractivity contribution in [1.29, 1.82) is 0 Å². The van der Waals surface area contributed by atoms with Gasteiger partial charge in [-0.05, 0) is 36.1 Å². The Morgan fingerprint density at radius 2 is 2.16 bits per heavy atom. The summed E-state index contributed by atoms with van der Waals surface area (Å²) in [7, 11) is 0. The number of thiophene rings is 1. The Kier molecular flexibility index (Phi) is 4.19. The molecule has 1 aromatic carbocycles. The smallest absolute Gasteiger partial charge is 0.254 e. The van der Waals surface area contributed by atoms with E-state index in [9.17, 15) is 13.6 Å². The van der Waals surface area contributed by atoms with Crippen LogP contribution in [0.3, 0.4) is 0 Å². The van der Waals surface area contributed by atoms with E-state index in [2.05, 4.69) is 9.97 Å². The number of H-pyrrole nitrogens is 1. The SMILES string of the molecule is O=c1[nH]c(-c2cccs2)nc2c1CCN(Cc1cc(F)ccc1F)C2. The van der Waals surface area contributed by atoms with Crippen LogP contribution in [0.5, 0.6) is 0 Å². The summed E-state index contributed by atoms with van der Waals surface area (Å²) in [6.45, 7) is 1.32. The van der Waals surface area contributed by atoms with Gasteiger partial charge in [0.2, 0.25) is 0 Å². The van der Waals surface area contributed by atoms with E-state index in [4.69, 9.17) is 0 Å². The van der Waals surface area contributed by atoms with Crippen LogP contribution in [0.25, 0.3) is 10.7 Å². The van der Waals surface area contributed by atoms with E-state index in [-0.39, 0.29) is 12.1 Å². The molecule has 25 heavy (non-hydrogen) atoms. The van der Waals surface area contributed by atoms with Crippen LogP contribution >= 0.6 is 11.3 Å². The van der Waals surface area contributed by atoms with Crippen molar-refractivity contribution in [1.82, 2.24) is 14.9 Å². The van der Waals surface area contributed by atoms with E-state index < -0.39 is 11.6 Å². The van der Waals surface area contributed by atoms with Gasteiger partial charge in [0.05, 0.1) is 10.6 Å². The molecule has 0 saturated carbocycles. The van der Waals surface area contributed by atoms with Gasteiger partial charge >= 0.3 is 0 Å². The van der Waals surface area contributed by atoms with Crippen LogP contribution in [-0.4, -0.2) is 21.4 Å². The predicted octanol–water partition coefficient (Wildman–Crippen LogP) is 3.33. The molecule has 1 N–H and O–H groups in total. The van der Waals surface area contributed by atoms with E-state index in [1.54, 1.807) is 0 Å². The van der Waals surface area contributed by atoms with Crippen LogP contribution in [0, 0.1) is 11.6 Å². The maximum absolute atomic E-state index is 13.9. The third kappa shape index (κ3) is 3.25. The fourth-order valence-electron chi connectivity index (χ4n) is 3.06. The standard InChI is InChI=1S/C18H15F2N3OS/c19-12-3-4-14(20)11(8-12)9-23-6-5-13-15(10-23)21-17(22-18(13)24)16-2-1-7-25-16/h1-4,7-8H,5-6,9-10H2,(H,21,22,24). The molecule has 1 aliphatic rings. The fraction of sp³-hybridized carbons (Fsp3) is 0.222. The Balaban J connectivity index is 1.62. The molecule has 0 atom stereocenters. The van der Waals surface area contributed by atoms with Crippen LogP contribution < -0.4 is 5.56 Å². The Hall–Kier alpha value is -2.38. The van der Waals surface area contributed by atoms with Crippen molar-refractivity contribution >= 4 is 11.3 Å². The molecule has 0 spiro atoms. The second-order valence-corrected chi connectivity index (χ2v) is 6.96. The van der Waals surface area contributed by atoms with E-state index in [0.29, 0.717) is 42.2 Å². The minimum Gasteiger partial charge on any atom is -0.306 e. The summed E-state index contributed by atoms with van der Waals surface area (Å²) in [4.78, 5) is 22.6. The topological polar surface area (TPSA) is 49.0 Å². The zero-order chi connectivity index (χ0) is 17.4. The summed E-state index contributed by atoms with van der Waals surface area (Å²) in [6.07, 6.45) is 0.541. The van der Waals surface area contributed by atoms with Crippen LogP contribution in [0.15, 0.2) is 40.5 Å². The molecule has 3 aromatic rings. The summed E-state index contributed by atoms with van der Waals surface area (Å²) >= 11 is 1.50. The van der Waals surface area contributed by atoms with E-state index in [1.807, 2.05) is 22.4 Å². The number of benzene rings is 1. The van der Waals surface area contributed by atoms with Gasteiger partial charge in [-0.2, -0.15) is 0 Å². The van der Waals surface area contributed by atoms with Gasteiger partial charge in [0.1, 0.15) is 11.6 Å². The molecule has 0 fully saturated rings. The molecule has 0 amide bonds. The normalized spacial score (nSPS) is 14.5. The number of hydrogen-bond donors (Lipinski definition) is 1. The third-order valence-corrected chi connectivity index (χ3v) is 5.19. The number of aromatic nitrogens is 2. The van der Waals surface area contributed by atoms with Crippen molar-refractivity contribution in [2.24, 2.45) is 0 Å². The monoisotopic (exact) mass is 359 g/mol. The van der Waals surface area contributed by atoms with Gasteiger partial charge in [0, 0.05) is 30.8 Å². The van der Waals surface area contributed by atoms with E-state index in [1.165, 1.54) is 17.4 Å². The zero-order valence-electron chi connectivity index (χ0n) is 13.3. The van der Waals surface area contributed by atoms with Gasteiger partial charge in [-0.1, -0.05) is 6.07 Å². The number of hydrogen-bond acceptors (Lipinski definition) is 4. The van der Waals surface area contributed by atoms with E-state index in [0.717, 1.165) is 17.0 Å². The minimum atomic E-state index is -0.455. The first-order valence-electron chi connectivity index (χ1n) is 7.92.